The minimum atomic E-state index is -1.34. The van der Waals surface area contributed by atoms with E-state index in [4.69, 9.17) is 0 Å². The van der Waals surface area contributed by atoms with Gasteiger partial charge in [0.15, 0.2) is 6.29 Å². The molecule has 0 spiro atoms. The standard InChI is InChI=1S/C14H10FIN2O4/c1-18-12(17-11-3-2-8(16)5-10(11)15)9(14(21)22)4-7(6-19)13(18)20/h2-6,17H,1H3,(H,21,22). The summed E-state index contributed by atoms with van der Waals surface area (Å²) < 4.78 is 15.5. The lowest BCUT2D eigenvalue weighted by Crippen LogP contribution is -2.26. The van der Waals surface area contributed by atoms with Crippen LogP contribution < -0.4 is 10.9 Å². The molecule has 114 valence electrons. The highest BCUT2D eigenvalue weighted by molar-refractivity contribution is 14.1. The van der Waals surface area contributed by atoms with Crippen molar-refractivity contribution >= 4 is 46.4 Å². The van der Waals surface area contributed by atoms with E-state index in [-0.39, 0.29) is 28.9 Å². The molecular weight excluding hydrogens is 406 g/mol. The highest BCUT2D eigenvalue weighted by atomic mass is 127. The molecule has 0 saturated carbocycles. The van der Waals surface area contributed by atoms with E-state index < -0.39 is 17.3 Å². The van der Waals surface area contributed by atoms with Gasteiger partial charge in [-0.15, -0.1) is 0 Å². The molecule has 2 rings (SSSR count). The van der Waals surface area contributed by atoms with Crippen molar-refractivity contribution in [1.29, 1.82) is 0 Å². The lowest BCUT2D eigenvalue weighted by Gasteiger charge is -2.15. The lowest BCUT2D eigenvalue weighted by atomic mass is 10.1. The molecule has 0 bridgehead atoms. The Labute approximate surface area is 137 Å². The Hall–Kier alpha value is -2.23. The zero-order valence-corrected chi connectivity index (χ0v) is 13.4. The van der Waals surface area contributed by atoms with Crippen molar-refractivity contribution in [2.75, 3.05) is 5.32 Å². The first-order valence-corrected chi connectivity index (χ1v) is 7.07. The van der Waals surface area contributed by atoms with Gasteiger partial charge in [-0.25, -0.2) is 9.18 Å². The van der Waals surface area contributed by atoms with Crippen molar-refractivity contribution in [3.8, 4) is 0 Å². The Morgan fingerprint density at radius 1 is 1.41 bits per heavy atom. The number of anilines is 2. The van der Waals surface area contributed by atoms with Gasteiger partial charge in [0.2, 0.25) is 0 Å². The SMILES string of the molecule is Cn1c(Nc2ccc(I)cc2F)c(C(=O)O)cc(C=O)c1=O. The average Bonchev–Trinajstić information content (AvgIpc) is 2.46. The molecular formula is C14H10FIN2O4. The molecule has 0 atom stereocenters. The molecule has 8 heteroatoms. The molecule has 0 unspecified atom stereocenters. The number of halogens is 2. The summed E-state index contributed by atoms with van der Waals surface area (Å²) in [6.45, 7) is 0. The molecule has 1 aromatic carbocycles. The van der Waals surface area contributed by atoms with Crippen LogP contribution in [0.25, 0.3) is 0 Å². The highest BCUT2D eigenvalue weighted by Crippen LogP contribution is 2.23. The third kappa shape index (κ3) is 3.01. The number of pyridine rings is 1. The van der Waals surface area contributed by atoms with Crippen LogP contribution >= 0.6 is 22.6 Å². The van der Waals surface area contributed by atoms with Gasteiger partial charge in [-0.1, -0.05) is 0 Å². The smallest absolute Gasteiger partial charge is 0.339 e. The van der Waals surface area contributed by atoms with Crippen molar-refractivity contribution in [1.82, 2.24) is 4.57 Å². The molecule has 0 aliphatic rings. The zero-order chi connectivity index (χ0) is 16.4. The first-order valence-electron chi connectivity index (χ1n) is 5.99. The molecule has 0 fully saturated rings. The monoisotopic (exact) mass is 416 g/mol. The second-order valence-corrected chi connectivity index (χ2v) is 5.64. The van der Waals surface area contributed by atoms with E-state index >= 15 is 0 Å². The van der Waals surface area contributed by atoms with Gasteiger partial charge in [0, 0.05) is 10.6 Å². The van der Waals surface area contributed by atoms with Gasteiger partial charge in [-0.2, -0.15) is 0 Å². The van der Waals surface area contributed by atoms with Crippen LogP contribution in [-0.2, 0) is 7.05 Å². The molecule has 1 aromatic heterocycles. The Morgan fingerprint density at radius 3 is 2.64 bits per heavy atom. The van der Waals surface area contributed by atoms with Crippen LogP contribution in [-0.4, -0.2) is 21.9 Å². The van der Waals surface area contributed by atoms with Crippen LogP contribution in [0.3, 0.4) is 0 Å². The van der Waals surface area contributed by atoms with Crippen LogP contribution in [0.2, 0.25) is 0 Å². The van der Waals surface area contributed by atoms with Crippen LogP contribution in [0.1, 0.15) is 20.7 Å². The number of carbonyl (C=O) groups is 2. The van der Waals surface area contributed by atoms with Gasteiger partial charge < -0.3 is 10.4 Å². The summed E-state index contributed by atoms with van der Waals surface area (Å²) in [4.78, 5) is 34.1. The quantitative estimate of drug-likeness (QED) is 0.591. The van der Waals surface area contributed by atoms with E-state index in [1.165, 1.54) is 19.2 Å². The van der Waals surface area contributed by atoms with Crippen molar-refractivity contribution in [2.45, 2.75) is 0 Å². The van der Waals surface area contributed by atoms with Crippen molar-refractivity contribution in [2.24, 2.45) is 7.05 Å². The minimum Gasteiger partial charge on any atom is -0.478 e. The van der Waals surface area contributed by atoms with Gasteiger partial charge >= 0.3 is 5.97 Å². The third-order valence-electron chi connectivity index (χ3n) is 2.98. The van der Waals surface area contributed by atoms with Crippen LogP contribution in [0, 0.1) is 9.39 Å². The maximum Gasteiger partial charge on any atom is 0.339 e. The summed E-state index contributed by atoms with van der Waals surface area (Å²) in [6.07, 6.45) is 0.282. The molecule has 0 aliphatic carbocycles. The third-order valence-corrected chi connectivity index (χ3v) is 3.65. The number of carboxylic acids is 1. The summed E-state index contributed by atoms with van der Waals surface area (Å²) in [5, 5.41) is 11.8. The van der Waals surface area contributed by atoms with Gasteiger partial charge in [-0.3, -0.25) is 14.2 Å². The zero-order valence-electron chi connectivity index (χ0n) is 11.3. The van der Waals surface area contributed by atoms with Crippen molar-refractivity contribution in [3.63, 3.8) is 0 Å². The Morgan fingerprint density at radius 2 is 2.09 bits per heavy atom. The topological polar surface area (TPSA) is 88.4 Å². The van der Waals surface area contributed by atoms with Crippen LogP contribution in [0.4, 0.5) is 15.9 Å². The fourth-order valence-electron chi connectivity index (χ4n) is 1.88. The summed E-state index contributed by atoms with van der Waals surface area (Å²) in [5.41, 5.74) is -1.24. The number of hydrogen-bond donors (Lipinski definition) is 2. The largest absolute Gasteiger partial charge is 0.478 e. The van der Waals surface area contributed by atoms with E-state index in [1.807, 2.05) is 22.6 Å². The molecule has 22 heavy (non-hydrogen) atoms. The summed E-state index contributed by atoms with van der Waals surface area (Å²) in [5.74, 6) is -2.04. The number of hydrogen-bond acceptors (Lipinski definition) is 4. The number of benzene rings is 1. The number of rotatable bonds is 4. The van der Waals surface area contributed by atoms with Gasteiger partial charge in [0.1, 0.15) is 17.2 Å². The van der Waals surface area contributed by atoms with Crippen LogP contribution in [0.5, 0.6) is 0 Å². The predicted molar refractivity (Wildman–Crippen MR) is 86.4 cm³/mol. The number of aromatic carboxylic acids is 1. The minimum absolute atomic E-state index is 0.0248. The fourth-order valence-corrected chi connectivity index (χ4v) is 2.33. The maximum absolute atomic E-state index is 13.9. The van der Waals surface area contributed by atoms with Gasteiger partial charge in [0.25, 0.3) is 5.56 Å². The summed E-state index contributed by atoms with van der Waals surface area (Å²) >= 11 is 1.94. The highest BCUT2D eigenvalue weighted by Gasteiger charge is 2.18. The average molecular weight is 416 g/mol. The number of nitrogens with one attached hydrogen (secondary N) is 1. The molecule has 0 saturated heterocycles. The van der Waals surface area contributed by atoms with E-state index in [1.54, 1.807) is 6.07 Å². The van der Waals surface area contributed by atoms with Crippen molar-refractivity contribution < 1.29 is 19.1 Å². The van der Waals surface area contributed by atoms with E-state index in [0.717, 1.165) is 10.6 Å². The predicted octanol–water partition coefficient (Wildman–Crippen LogP) is 2.38. The second-order valence-electron chi connectivity index (χ2n) is 4.40. The van der Waals surface area contributed by atoms with E-state index in [2.05, 4.69) is 5.32 Å². The number of carboxylic acid groups (broad SMARTS) is 1. The maximum atomic E-state index is 13.9. The molecule has 0 aliphatic heterocycles. The first-order chi connectivity index (χ1) is 10.3. The fraction of sp³-hybridized carbons (Fsp3) is 0.0714. The molecule has 2 aromatic rings. The van der Waals surface area contributed by atoms with Crippen molar-refractivity contribution in [3.05, 3.63) is 55.1 Å². The first kappa shape index (κ1) is 16.1. The Kier molecular flexibility index (Phi) is 4.59. The number of aldehydes is 1. The van der Waals surface area contributed by atoms with Gasteiger partial charge in [0.05, 0.1) is 11.3 Å². The number of nitrogens with zero attached hydrogens (tertiary/aromatic N) is 1. The normalized spacial score (nSPS) is 10.3. The molecule has 0 amide bonds. The number of aromatic nitrogens is 1. The molecule has 0 radical (unpaired) electrons. The summed E-state index contributed by atoms with van der Waals surface area (Å²) in [7, 11) is 1.30. The van der Waals surface area contributed by atoms with E-state index in [9.17, 15) is 23.9 Å². The summed E-state index contributed by atoms with van der Waals surface area (Å²) in [6, 6.07) is 5.29. The van der Waals surface area contributed by atoms with Gasteiger partial charge in [-0.05, 0) is 46.9 Å². The van der Waals surface area contributed by atoms with Crippen LogP contribution in [0.15, 0.2) is 29.1 Å². The van der Waals surface area contributed by atoms with E-state index in [0.29, 0.717) is 3.57 Å². The lowest BCUT2D eigenvalue weighted by molar-refractivity contribution is 0.0697. The Bertz CT molecular complexity index is 832. The number of carbonyl (C=O) groups excluding carboxylic acids is 1. The Balaban J connectivity index is 2.63. The second kappa shape index (κ2) is 6.26. The molecule has 1 heterocycles. The molecule has 6 nitrogen and oxygen atoms in total. The molecule has 2 N–H and O–H groups in total.